The van der Waals surface area contributed by atoms with E-state index in [1.165, 1.54) is 6.08 Å². The number of benzene rings is 1. The van der Waals surface area contributed by atoms with Crippen LogP contribution in [0.1, 0.15) is 18.4 Å². The summed E-state index contributed by atoms with van der Waals surface area (Å²) in [5.41, 5.74) is -0.756. The Morgan fingerprint density at radius 2 is 2.07 bits per heavy atom. The molecule has 0 aromatic heterocycles. The zero-order valence-corrected chi connectivity index (χ0v) is 9.14. The molecule has 2 nitrogen and oxygen atoms in total. The number of halogens is 3. The summed E-state index contributed by atoms with van der Waals surface area (Å²) in [6, 6.07) is 2.12. The molecule has 0 saturated heterocycles. The number of carbonyl (C=O) groups excluding carboxylic acids is 1. The maximum atomic E-state index is 13.6. The first-order chi connectivity index (χ1) is 7.09. The van der Waals surface area contributed by atoms with Gasteiger partial charge in [-0.2, -0.15) is 4.99 Å². The Morgan fingerprint density at radius 3 is 2.60 bits per heavy atom. The van der Waals surface area contributed by atoms with Crippen molar-refractivity contribution in [2.75, 3.05) is 0 Å². The average Bonchev–Trinajstić information content (AvgIpc) is 2.93. The SMILES string of the molecule is O=C=NC1(c2cc(F)cc(Br)c2F)CC1. The molecule has 0 spiro atoms. The second-order valence-corrected chi connectivity index (χ2v) is 4.34. The predicted octanol–water partition coefficient (Wildman–Crippen LogP) is 3.05. The third kappa shape index (κ3) is 1.73. The third-order valence-corrected chi connectivity index (χ3v) is 3.05. The molecule has 0 amide bonds. The lowest BCUT2D eigenvalue weighted by atomic mass is 10.0. The van der Waals surface area contributed by atoms with Gasteiger partial charge in [0.25, 0.3) is 0 Å². The van der Waals surface area contributed by atoms with Crippen LogP contribution in [0.15, 0.2) is 21.6 Å². The summed E-state index contributed by atoms with van der Waals surface area (Å²) in [7, 11) is 0. The van der Waals surface area contributed by atoms with Crippen LogP contribution in [0.2, 0.25) is 0 Å². The number of nitrogens with zero attached hydrogens (tertiary/aromatic N) is 1. The normalized spacial score (nSPS) is 17.0. The van der Waals surface area contributed by atoms with Gasteiger partial charge in [-0.3, -0.25) is 0 Å². The van der Waals surface area contributed by atoms with Crippen molar-refractivity contribution < 1.29 is 13.6 Å². The molecule has 0 N–H and O–H groups in total. The summed E-state index contributed by atoms with van der Waals surface area (Å²) in [5, 5.41) is 0. The van der Waals surface area contributed by atoms with Crippen LogP contribution in [0.5, 0.6) is 0 Å². The van der Waals surface area contributed by atoms with Crippen LogP contribution in [0.4, 0.5) is 8.78 Å². The van der Waals surface area contributed by atoms with Crippen LogP contribution in [-0.4, -0.2) is 6.08 Å². The molecule has 1 saturated carbocycles. The minimum atomic E-state index is -0.879. The van der Waals surface area contributed by atoms with Gasteiger partial charge in [0.1, 0.15) is 17.2 Å². The fourth-order valence-electron chi connectivity index (χ4n) is 1.54. The quantitative estimate of drug-likeness (QED) is 0.463. The summed E-state index contributed by atoms with van der Waals surface area (Å²) in [4.78, 5) is 13.7. The summed E-state index contributed by atoms with van der Waals surface area (Å²) < 4.78 is 26.8. The number of isocyanates is 1. The third-order valence-electron chi connectivity index (χ3n) is 2.48. The Balaban J connectivity index is 2.57. The highest BCUT2D eigenvalue weighted by molar-refractivity contribution is 9.10. The highest BCUT2D eigenvalue weighted by Crippen LogP contribution is 2.50. The molecular weight excluding hydrogens is 268 g/mol. The lowest BCUT2D eigenvalue weighted by Gasteiger charge is -2.10. The van der Waals surface area contributed by atoms with Crippen molar-refractivity contribution in [3.05, 3.63) is 33.8 Å². The molecule has 0 bridgehead atoms. The highest BCUT2D eigenvalue weighted by atomic mass is 79.9. The molecule has 0 aliphatic heterocycles. The largest absolute Gasteiger partial charge is 0.235 e. The lowest BCUT2D eigenvalue weighted by Crippen LogP contribution is -2.06. The van der Waals surface area contributed by atoms with Gasteiger partial charge >= 0.3 is 0 Å². The standard InChI is InChI=1S/C10H6BrF2NO/c11-8-4-6(12)3-7(9(8)13)10(1-2-10)14-5-15/h3-4H,1-2H2. The molecule has 0 atom stereocenters. The smallest absolute Gasteiger partial charge is 0.211 e. The first kappa shape index (κ1) is 10.5. The van der Waals surface area contributed by atoms with E-state index in [0.29, 0.717) is 12.8 Å². The number of hydrogen-bond acceptors (Lipinski definition) is 2. The molecule has 1 aromatic carbocycles. The summed E-state index contributed by atoms with van der Waals surface area (Å²) >= 11 is 2.91. The van der Waals surface area contributed by atoms with Crippen molar-refractivity contribution in [3.63, 3.8) is 0 Å². The maximum absolute atomic E-state index is 13.6. The van der Waals surface area contributed by atoms with Gasteiger partial charge < -0.3 is 0 Å². The Labute approximate surface area is 93.1 Å². The Hall–Kier alpha value is -1.06. The monoisotopic (exact) mass is 273 g/mol. The van der Waals surface area contributed by atoms with Crippen molar-refractivity contribution in [1.29, 1.82) is 0 Å². The second kappa shape index (κ2) is 3.51. The van der Waals surface area contributed by atoms with E-state index >= 15 is 0 Å². The second-order valence-electron chi connectivity index (χ2n) is 3.48. The molecule has 1 aliphatic rings. The van der Waals surface area contributed by atoms with Gasteiger partial charge in [0, 0.05) is 5.56 Å². The molecule has 0 radical (unpaired) electrons. The first-order valence-electron chi connectivity index (χ1n) is 4.33. The van der Waals surface area contributed by atoms with E-state index in [9.17, 15) is 13.6 Å². The summed E-state index contributed by atoms with van der Waals surface area (Å²) in [6.45, 7) is 0. The van der Waals surface area contributed by atoms with E-state index in [0.717, 1.165) is 12.1 Å². The Kier molecular flexibility index (Phi) is 2.44. The molecule has 1 fully saturated rings. The van der Waals surface area contributed by atoms with E-state index < -0.39 is 17.2 Å². The molecule has 2 rings (SSSR count). The zero-order chi connectivity index (χ0) is 11.1. The predicted molar refractivity (Wildman–Crippen MR) is 53.1 cm³/mol. The van der Waals surface area contributed by atoms with Crippen LogP contribution >= 0.6 is 15.9 Å². The van der Waals surface area contributed by atoms with E-state index in [-0.39, 0.29) is 10.0 Å². The number of aliphatic imine (C=N–C) groups is 1. The Morgan fingerprint density at radius 1 is 1.40 bits per heavy atom. The topological polar surface area (TPSA) is 29.4 Å². The maximum Gasteiger partial charge on any atom is 0.235 e. The minimum absolute atomic E-state index is 0.0462. The molecule has 5 heteroatoms. The Bertz CT molecular complexity index is 465. The van der Waals surface area contributed by atoms with Crippen LogP contribution in [-0.2, 0) is 10.3 Å². The highest BCUT2D eigenvalue weighted by Gasteiger charge is 2.47. The van der Waals surface area contributed by atoms with Crippen molar-refractivity contribution >= 4 is 22.0 Å². The van der Waals surface area contributed by atoms with Gasteiger partial charge in [-0.1, -0.05) is 0 Å². The van der Waals surface area contributed by atoms with E-state index in [1.807, 2.05) is 0 Å². The summed E-state index contributed by atoms with van der Waals surface area (Å²) in [6.07, 6.45) is 2.51. The summed E-state index contributed by atoms with van der Waals surface area (Å²) in [5.74, 6) is -1.11. The van der Waals surface area contributed by atoms with Crippen molar-refractivity contribution in [2.45, 2.75) is 18.4 Å². The number of hydrogen-bond donors (Lipinski definition) is 0. The number of rotatable bonds is 2. The molecule has 78 valence electrons. The molecule has 0 unspecified atom stereocenters. The lowest BCUT2D eigenvalue weighted by molar-refractivity contribution is 0.538. The fraction of sp³-hybridized carbons (Fsp3) is 0.300. The van der Waals surface area contributed by atoms with Crippen LogP contribution in [0.3, 0.4) is 0 Å². The molecule has 15 heavy (non-hydrogen) atoms. The van der Waals surface area contributed by atoms with Crippen LogP contribution < -0.4 is 0 Å². The van der Waals surface area contributed by atoms with Gasteiger partial charge in [-0.05, 0) is 40.9 Å². The zero-order valence-electron chi connectivity index (χ0n) is 7.56. The first-order valence-corrected chi connectivity index (χ1v) is 5.12. The van der Waals surface area contributed by atoms with Crippen LogP contribution in [0.25, 0.3) is 0 Å². The van der Waals surface area contributed by atoms with E-state index in [1.54, 1.807) is 0 Å². The molecule has 1 aromatic rings. The van der Waals surface area contributed by atoms with Crippen LogP contribution in [0, 0.1) is 11.6 Å². The van der Waals surface area contributed by atoms with E-state index in [2.05, 4.69) is 20.9 Å². The van der Waals surface area contributed by atoms with Crippen molar-refractivity contribution in [3.8, 4) is 0 Å². The molecule has 0 heterocycles. The van der Waals surface area contributed by atoms with Gasteiger partial charge in [0.15, 0.2) is 0 Å². The van der Waals surface area contributed by atoms with Crippen molar-refractivity contribution in [2.24, 2.45) is 4.99 Å². The van der Waals surface area contributed by atoms with Crippen molar-refractivity contribution in [1.82, 2.24) is 0 Å². The molecule has 1 aliphatic carbocycles. The van der Waals surface area contributed by atoms with Gasteiger partial charge in [-0.25, -0.2) is 13.6 Å². The van der Waals surface area contributed by atoms with Gasteiger partial charge in [-0.15, -0.1) is 0 Å². The van der Waals surface area contributed by atoms with Gasteiger partial charge in [0.2, 0.25) is 6.08 Å². The molecular formula is C10H6BrF2NO. The van der Waals surface area contributed by atoms with E-state index in [4.69, 9.17) is 0 Å². The minimum Gasteiger partial charge on any atom is -0.211 e. The fourth-order valence-corrected chi connectivity index (χ4v) is 1.97. The average molecular weight is 274 g/mol. The van der Waals surface area contributed by atoms with Gasteiger partial charge in [0.05, 0.1) is 4.47 Å².